The summed E-state index contributed by atoms with van der Waals surface area (Å²) in [4.78, 5) is 11.4. The Bertz CT molecular complexity index is 593. The highest BCUT2D eigenvalue weighted by Gasteiger charge is 2.10. The third-order valence-corrected chi connectivity index (χ3v) is 2.60. The lowest BCUT2D eigenvalue weighted by Crippen LogP contribution is -2.02. The third-order valence-electron chi connectivity index (χ3n) is 2.60. The van der Waals surface area contributed by atoms with E-state index in [0.29, 0.717) is 22.7 Å². The fourth-order valence-electron chi connectivity index (χ4n) is 1.56. The zero-order valence-electron chi connectivity index (χ0n) is 10.8. The maximum atomic E-state index is 11.4. The molecule has 0 spiro atoms. The molecular formula is C13H15N3O3. The Kier molecular flexibility index (Phi) is 3.70. The van der Waals surface area contributed by atoms with Crippen LogP contribution in [-0.2, 0) is 11.3 Å². The molecule has 0 amide bonds. The molecule has 19 heavy (non-hydrogen) atoms. The third kappa shape index (κ3) is 2.85. The Labute approximate surface area is 110 Å². The Morgan fingerprint density at radius 2 is 2.26 bits per heavy atom. The first-order chi connectivity index (χ1) is 9.13. The highest BCUT2D eigenvalue weighted by atomic mass is 16.5. The topological polar surface area (TPSA) is 79.4 Å². The van der Waals surface area contributed by atoms with E-state index in [1.165, 1.54) is 7.11 Å². The lowest BCUT2D eigenvalue weighted by atomic mass is 10.2. The van der Waals surface area contributed by atoms with E-state index < -0.39 is 5.97 Å². The number of anilines is 1. The number of nitrogen functional groups attached to an aromatic ring is 1. The molecule has 2 aromatic rings. The number of methoxy groups -OCH3 is 1. The van der Waals surface area contributed by atoms with Crippen LogP contribution >= 0.6 is 0 Å². The summed E-state index contributed by atoms with van der Waals surface area (Å²) in [7, 11) is 1.32. The van der Waals surface area contributed by atoms with Crippen LogP contribution in [0.3, 0.4) is 0 Å². The van der Waals surface area contributed by atoms with Crippen LogP contribution in [0.4, 0.5) is 5.69 Å². The maximum Gasteiger partial charge on any atom is 0.337 e. The molecule has 100 valence electrons. The van der Waals surface area contributed by atoms with E-state index in [1.54, 1.807) is 35.3 Å². The van der Waals surface area contributed by atoms with E-state index in [1.807, 2.05) is 6.92 Å². The van der Waals surface area contributed by atoms with E-state index >= 15 is 0 Å². The van der Waals surface area contributed by atoms with Crippen LogP contribution in [0.25, 0.3) is 0 Å². The molecule has 1 heterocycles. The molecule has 6 heteroatoms. The number of carbonyl (C=O) groups excluding carboxylic acids is 1. The zero-order valence-corrected chi connectivity index (χ0v) is 10.8. The highest BCUT2D eigenvalue weighted by Crippen LogP contribution is 2.28. The highest BCUT2D eigenvalue weighted by molar-refractivity contribution is 5.90. The number of aromatic nitrogens is 2. The van der Waals surface area contributed by atoms with Crippen molar-refractivity contribution in [2.45, 2.75) is 13.5 Å². The van der Waals surface area contributed by atoms with Crippen LogP contribution in [0.1, 0.15) is 17.3 Å². The molecule has 0 saturated carbocycles. The van der Waals surface area contributed by atoms with Crippen LogP contribution in [0.15, 0.2) is 30.6 Å². The molecule has 2 N–H and O–H groups in total. The molecule has 0 saturated heterocycles. The zero-order chi connectivity index (χ0) is 13.8. The minimum Gasteiger partial charge on any atom is -0.465 e. The SMILES string of the molecule is CCn1cc(Oc2cc(C(=O)OC)ccc2N)cn1. The number of nitrogens with zero attached hydrogens (tertiary/aromatic N) is 2. The van der Waals surface area contributed by atoms with Gasteiger partial charge in [-0.25, -0.2) is 4.79 Å². The van der Waals surface area contributed by atoms with Gasteiger partial charge in [-0.1, -0.05) is 0 Å². The fourth-order valence-corrected chi connectivity index (χ4v) is 1.56. The Hall–Kier alpha value is -2.50. The molecule has 0 atom stereocenters. The van der Waals surface area contributed by atoms with Crippen LogP contribution in [0.2, 0.25) is 0 Å². The van der Waals surface area contributed by atoms with E-state index in [9.17, 15) is 4.79 Å². The Morgan fingerprint density at radius 1 is 1.47 bits per heavy atom. The molecule has 0 bridgehead atoms. The number of hydrogen-bond acceptors (Lipinski definition) is 5. The van der Waals surface area contributed by atoms with Gasteiger partial charge < -0.3 is 15.2 Å². The van der Waals surface area contributed by atoms with Crippen molar-refractivity contribution in [1.29, 1.82) is 0 Å². The van der Waals surface area contributed by atoms with Crippen molar-refractivity contribution in [3.63, 3.8) is 0 Å². The average molecular weight is 261 g/mol. The van der Waals surface area contributed by atoms with Gasteiger partial charge in [-0.2, -0.15) is 5.10 Å². The quantitative estimate of drug-likeness (QED) is 0.673. The van der Waals surface area contributed by atoms with Gasteiger partial charge in [-0.05, 0) is 25.1 Å². The van der Waals surface area contributed by atoms with E-state index in [4.69, 9.17) is 10.5 Å². The van der Waals surface area contributed by atoms with Crippen molar-refractivity contribution in [1.82, 2.24) is 9.78 Å². The van der Waals surface area contributed by atoms with Crippen LogP contribution in [0.5, 0.6) is 11.5 Å². The minimum absolute atomic E-state index is 0.384. The van der Waals surface area contributed by atoms with Crippen molar-refractivity contribution >= 4 is 11.7 Å². The Balaban J connectivity index is 2.25. The summed E-state index contributed by atoms with van der Waals surface area (Å²) >= 11 is 0. The average Bonchev–Trinajstić information content (AvgIpc) is 2.88. The molecule has 0 aliphatic rings. The Morgan fingerprint density at radius 3 is 2.89 bits per heavy atom. The standard InChI is InChI=1S/C13H15N3O3/c1-3-16-8-10(7-15-16)19-12-6-9(13(17)18-2)4-5-11(12)14/h4-8H,3,14H2,1-2H3. The summed E-state index contributed by atoms with van der Waals surface area (Å²) in [5.74, 6) is 0.531. The van der Waals surface area contributed by atoms with E-state index in [2.05, 4.69) is 9.84 Å². The maximum absolute atomic E-state index is 11.4. The summed E-state index contributed by atoms with van der Waals surface area (Å²) in [5, 5.41) is 4.09. The molecule has 0 aliphatic carbocycles. The number of esters is 1. The van der Waals surface area contributed by atoms with Gasteiger partial charge in [0, 0.05) is 6.54 Å². The van der Waals surface area contributed by atoms with Gasteiger partial charge in [0.1, 0.15) is 0 Å². The summed E-state index contributed by atoms with van der Waals surface area (Å²) in [6, 6.07) is 4.74. The van der Waals surface area contributed by atoms with Gasteiger partial charge >= 0.3 is 5.97 Å². The lowest BCUT2D eigenvalue weighted by Gasteiger charge is -2.08. The number of aryl methyl sites for hydroxylation is 1. The second-order valence-corrected chi connectivity index (χ2v) is 3.88. The van der Waals surface area contributed by atoms with Gasteiger partial charge in [0.15, 0.2) is 11.5 Å². The number of rotatable bonds is 4. The summed E-state index contributed by atoms with van der Waals surface area (Å²) in [5.41, 5.74) is 6.64. The predicted molar refractivity (Wildman–Crippen MR) is 70.2 cm³/mol. The number of nitrogens with two attached hydrogens (primary N) is 1. The van der Waals surface area contributed by atoms with Gasteiger partial charge in [0.25, 0.3) is 0 Å². The predicted octanol–water partition coefficient (Wildman–Crippen LogP) is 2.06. The first-order valence-corrected chi connectivity index (χ1v) is 5.82. The molecule has 6 nitrogen and oxygen atoms in total. The monoisotopic (exact) mass is 261 g/mol. The number of carbonyl (C=O) groups is 1. The summed E-state index contributed by atoms with van der Waals surface area (Å²) in [6.07, 6.45) is 3.35. The molecule has 0 aliphatic heterocycles. The normalized spacial score (nSPS) is 10.2. The van der Waals surface area contributed by atoms with Crippen molar-refractivity contribution in [3.8, 4) is 11.5 Å². The second-order valence-electron chi connectivity index (χ2n) is 3.88. The van der Waals surface area contributed by atoms with Gasteiger partial charge in [0.05, 0.1) is 30.8 Å². The number of hydrogen-bond donors (Lipinski definition) is 1. The van der Waals surface area contributed by atoms with Gasteiger partial charge in [-0.15, -0.1) is 0 Å². The van der Waals surface area contributed by atoms with Crippen LogP contribution in [0, 0.1) is 0 Å². The van der Waals surface area contributed by atoms with Crippen LogP contribution < -0.4 is 10.5 Å². The molecule has 1 aromatic heterocycles. The molecule has 0 fully saturated rings. The largest absolute Gasteiger partial charge is 0.465 e. The van der Waals surface area contributed by atoms with E-state index in [0.717, 1.165) is 6.54 Å². The summed E-state index contributed by atoms with van der Waals surface area (Å²) < 4.78 is 12.0. The molecule has 0 radical (unpaired) electrons. The van der Waals surface area contributed by atoms with Crippen molar-refractivity contribution in [2.24, 2.45) is 0 Å². The molecule has 1 aromatic carbocycles. The van der Waals surface area contributed by atoms with E-state index in [-0.39, 0.29) is 0 Å². The first-order valence-electron chi connectivity index (χ1n) is 5.82. The fraction of sp³-hybridized carbons (Fsp3) is 0.231. The first kappa shape index (κ1) is 12.9. The van der Waals surface area contributed by atoms with Crippen molar-refractivity contribution in [3.05, 3.63) is 36.2 Å². The van der Waals surface area contributed by atoms with Crippen LogP contribution in [-0.4, -0.2) is 22.9 Å². The molecule has 2 rings (SSSR count). The van der Waals surface area contributed by atoms with Crippen molar-refractivity contribution < 1.29 is 14.3 Å². The minimum atomic E-state index is -0.436. The van der Waals surface area contributed by atoms with Crippen molar-refractivity contribution in [2.75, 3.05) is 12.8 Å². The molecule has 0 unspecified atom stereocenters. The smallest absolute Gasteiger partial charge is 0.337 e. The number of benzene rings is 1. The van der Waals surface area contributed by atoms with Gasteiger partial charge in [0.2, 0.25) is 0 Å². The molecular weight excluding hydrogens is 246 g/mol. The van der Waals surface area contributed by atoms with Gasteiger partial charge in [-0.3, -0.25) is 4.68 Å². The summed E-state index contributed by atoms with van der Waals surface area (Å²) in [6.45, 7) is 2.73. The second kappa shape index (κ2) is 5.43. The number of ether oxygens (including phenoxy) is 2. The lowest BCUT2D eigenvalue weighted by molar-refractivity contribution is 0.0600.